The van der Waals surface area contributed by atoms with Gasteiger partial charge in [0.1, 0.15) is 11.3 Å². The van der Waals surface area contributed by atoms with E-state index < -0.39 is 11.9 Å². The minimum Gasteiger partial charge on any atom is -0.496 e. The van der Waals surface area contributed by atoms with Gasteiger partial charge in [0.2, 0.25) is 11.8 Å². The van der Waals surface area contributed by atoms with E-state index in [9.17, 15) is 14.4 Å². The Labute approximate surface area is 162 Å². The number of carboxylic acid groups (broad SMARTS) is 1. The highest BCUT2D eigenvalue weighted by Gasteiger charge is 2.34. The number of aryl methyl sites for hydroxylation is 1. The predicted molar refractivity (Wildman–Crippen MR) is 103 cm³/mol. The lowest BCUT2D eigenvalue weighted by Gasteiger charge is -2.17. The van der Waals surface area contributed by atoms with E-state index in [1.165, 1.54) is 25.3 Å². The molecule has 1 fully saturated rings. The molecule has 1 aliphatic heterocycles. The first-order valence-corrected chi connectivity index (χ1v) is 8.93. The molecule has 1 unspecified atom stereocenters. The number of carboxylic acids is 1. The number of rotatable bonds is 6. The van der Waals surface area contributed by atoms with Gasteiger partial charge in [0.25, 0.3) is 0 Å². The van der Waals surface area contributed by atoms with Crippen LogP contribution in [0.2, 0.25) is 0 Å². The molecule has 0 aliphatic carbocycles. The number of likely N-dealkylation sites (tertiary alicyclic amines) is 1. The van der Waals surface area contributed by atoms with Crippen molar-refractivity contribution in [3.63, 3.8) is 0 Å². The van der Waals surface area contributed by atoms with Gasteiger partial charge in [0, 0.05) is 31.3 Å². The number of methoxy groups -OCH3 is 1. The summed E-state index contributed by atoms with van der Waals surface area (Å²) in [5, 5.41) is 11.9. The van der Waals surface area contributed by atoms with Crippen molar-refractivity contribution in [1.29, 1.82) is 0 Å². The lowest BCUT2D eigenvalue weighted by Crippen LogP contribution is -2.28. The fraction of sp³-hybridized carbons (Fsp3) is 0.286. The number of anilines is 1. The molecule has 1 heterocycles. The third kappa shape index (κ3) is 4.31. The predicted octanol–water partition coefficient (Wildman–Crippen LogP) is 2.69. The minimum absolute atomic E-state index is 0.0146. The highest BCUT2D eigenvalue weighted by molar-refractivity contribution is 5.98. The Morgan fingerprint density at radius 2 is 1.93 bits per heavy atom. The molecule has 0 bridgehead atoms. The normalized spacial score (nSPS) is 16.1. The Kier molecular flexibility index (Phi) is 5.63. The van der Waals surface area contributed by atoms with Gasteiger partial charge in [-0.1, -0.05) is 29.8 Å². The van der Waals surface area contributed by atoms with Crippen molar-refractivity contribution < 1.29 is 24.2 Å². The summed E-state index contributed by atoms with van der Waals surface area (Å²) in [6, 6.07) is 12.3. The van der Waals surface area contributed by atoms with Gasteiger partial charge in [0.05, 0.1) is 13.0 Å². The molecule has 2 amide bonds. The third-order valence-electron chi connectivity index (χ3n) is 4.78. The number of nitrogens with zero attached hydrogens (tertiary/aromatic N) is 1. The van der Waals surface area contributed by atoms with Crippen LogP contribution in [0.25, 0.3) is 0 Å². The first kappa shape index (κ1) is 19.4. The second-order valence-electron chi connectivity index (χ2n) is 6.87. The van der Waals surface area contributed by atoms with E-state index in [1.54, 1.807) is 4.90 Å². The van der Waals surface area contributed by atoms with Gasteiger partial charge in [0.15, 0.2) is 0 Å². The van der Waals surface area contributed by atoms with Crippen LogP contribution < -0.4 is 10.1 Å². The van der Waals surface area contributed by atoms with Gasteiger partial charge in [-0.05, 0) is 24.6 Å². The van der Waals surface area contributed by atoms with Crippen LogP contribution in [0.15, 0.2) is 42.5 Å². The van der Waals surface area contributed by atoms with Gasteiger partial charge in [-0.15, -0.1) is 0 Å². The van der Waals surface area contributed by atoms with E-state index in [0.29, 0.717) is 18.8 Å². The summed E-state index contributed by atoms with van der Waals surface area (Å²) >= 11 is 0. The minimum atomic E-state index is -1.11. The van der Waals surface area contributed by atoms with Crippen LogP contribution >= 0.6 is 0 Å². The number of ether oxygens (including phenoxy) is 1. The number of carbonyl (C=O) groups excluding carboxylic acids is 2. The van der Waals surface area contributed by atoms with Gasteiger partial charge >= 0.3 is 5.97 Å². The Morgan fingerprint density at radius 3 is 2.57 bits per heavy atom. The van der Waals surface area contributed by atoms with Crippen molar-refractivity contribution in [3.8, 4) is 5.75 Å². The standard InChI is InChI=1S/C21H22N2O5/c1-13-3-5-14(6-4-13)11-23-12-15(9-19(23)24)20(25)22-16-7-8-17(21(26)27)18(10-16)28-2/h3-8,10,15H,9,11-12H2,1-2H3,(H,22,25)(H,26,27). The number of hydrogen-bond donors (Lipinski definition) is 2. The van der Waals surface area contributed by atoms with E-state index >= 15 is 0 Å². The molecule has 1 saturated heterocycles. The molecule has 0 radical (unpaired) electrons. The molecular weight excluding hydrogens is 360 g/mol. The molecule has 146 valence electrons. The Balaban J connectivity index is 1.64. The van der Waals surface area contributed by atoms with E-state index in [-0.39, 0.29) is 29.5 Å². The molecule has 0 aromatic heterocycles. The molecule has 3 rings (SSSR count). The van der Waals surface area contributed by atoms with Crippen molar-refractivity contribution in [2.45, 2.75) is 19.9 Å². The summed E-state index contributed by atoms with van der Waals surface area (Å²) in [5.74, 6) is -1.73. The third-order valence-corrected chi connectivity index (χ3v) is 4.78. The van der Waals surface area contributed by atoms with Crippen LogP contribution in [0.4, 0.5) is 5.69 Å². The van der Waals surface area contributed by atoms with Gasteiger partial charge < -0.3 is 20.1 Å². The lowest BCUT2D eigenvalue weighted by molar-refractivity contribution is -0.128. The first-order valence-electron chi connectivity index (χ1n) is 8.93. The first-order chi connectivity index (χ1) is 13.4. The zero-order valence-corrected chi connectivity index (χ0v) is 15.8. The topological polar surface area (TPSA) is 95.9 Å². The smallest absolute Gasteiger partial charge is 0.339 e. The lowest BCUT2D eigenvalue weighted by atomic mass is 10.1. The molecule has 0 spiro atoms. The number of benzene rings is 2. The maximum Gasteiger partial charge on any atom is 0.339 e. The Bertz CT molecular complexity index is 908. The molecule has 28 heavy (non-hydrogen) atoms. The summed E-state index contributed by atoms with van der Waals surface area (Å²) in [5.41, 5.74) is 2.62. The van der Waals surface area contributed by atoms with Crippen molar-refractivity contribution in [2.24, 2.45) is 5.92 Å². The van der Waals surface area contributed by atoms with E-state index in [2.05, 4.69) is 5.32 Å². The second kappa shape index (κ2) is 8.12. The molecule has 7 nitrogen and oxygen atoms in total. The van der Waals surface area contributed by atoms with Crippen LogP contribution in [0.3, 0.4) is 0 Å². The summed E-state index contributed by atoms with van der Waals surface area (Å²) in [6.07, 6.45) is 0.155. The molecule has 1 aliphatic rings. The second-order valence-corrected chi connectivity index (χ2v) is 6.87. The SMILES string of the molecule is COc1cc(NC(=O)C2CC(=O)N(Cc3ccc(C)cc3)C2)ccc1C(=O)O. The van der Waals surface area contributed by atoms with Gasteiger partial charge in [-0.2, -0.15) is 0 Å². The van der Waals surface area contributed by atoms with Crippen molar-refractivity contribution >= 4 is 23.5 Å². The number of amides is 2. The highest BCUT2D eigenvalue weighted by Crippen LogP contribution is 2.26. The van der Waals surface area contributed by atoms with E-state index in [1.807, 2.05) is 31.2 Å². The number of aromatic carboxylic acids is 1. The van der Waals surface area contributed by atoms with Crippen LogP contribution in [-0.2, 0) is 16.1 Å². The zero-order valence-electron chi connectivity index (χ0n) is 15.8. The molecule has 2 aromatic carbocycles. The largest absolute Gasteiger partial charge is 0.496 e. The van der Waals surface area contributed by atoms with Crippen LogP contribution in [0.5, 0.6) is 5.75 Å². The zero-order chi connectivity index (χ0) is 20.3. The molecular formula is C21H22N2O5. The van der Waals surface area contributed by atoms with E-state index in [0.717, 1.165) is 11.1 Å². The Hall–Kier alpha value is -3.35. The number of carbonyl (C=O) groups is 3. The average Bonchev–Trinajstić information content (AvgIpc) is 3.04. The fourth-order valence-electron chi connectivity index (χ4n) is 3.20. The molecule has 1 atom stereocenters. The van der Waals surface area contributed by atoms with Crippen molar-refractivity contribution in [2.75, 3.05) is 19.0 Å². The summed E-state index contributed by atoms with van der Waals surface area (Å²) in [7, 11) is 1.37. The number of nitrogens with one attached hydrogen (secondary N) is 1. The fourth-order valence-corrected chi connectivity index (χ4v) is 3.20. The van der Waals surface area contributed by atoms with Crippen molar-refractivity contribution in [1.82, 2.24) is 4.90 Å². The Morgan fingerprint density at radius 1 is 1.21 bits per heavy atom. The van der Waals surface area contributed by atoms with Gasteiger partial charge in [-0.25, -0.2) is 4.79 Å². The van der Waals surface area contributed by atoms with E-state index in [4.69, 9.17) is 9.84 Å². The maximum atomic E-state index is 12.6. The molecule has 0 saturated carbocycles. The molecule has 2 N–H and O–H groups in total. The summed E-state index contributed by atoms with van der Waals surface area (Å²) < 4.78 is 5.07. The number of hydrogen-bond acceptors (Lipinski definition) is 4. The van der Waals surface area contributed by atoms with Crippen molar-refractivity contribution in [3.05, 3.63) is 59.2 Å². The summed E-state index contributed by atoms with van der Waals surface area (Å²) in [4.78, 5) is 37.7. The summed E-state index contributed by atoms with van der Waals surface area (Å²) in [6.45, 7) is 2.83. The van der Waals surface area contributed by atoms with Crippen LogP contribution in [-0.4, -0.2) is 41.4 Å². The van der Waals surface area contributed by atoms with Crippen LogP contribution in [0, 0.1) is 12.8 Å². The molecule has 7 heteroatoms. The average molecular weight is 382 g/mol. The van der Waals surface area contributed by atoms with Crippen LogP contribution in [0.1, 0.15) is 27.9 Å². The highest BCUT2D eigenvalue weighted by atomic mass is 16.5. The monoisotopic (exact) mass is 382 g/mol. The maximum absolute atomic E-state index is 12.6. The van der Waals surface area contributed by atoms with Gasteiger partial charge in [-0.3, -0.25) is 9.59 Å². The quantitative estimate of drug-likeness (QED) is 0.801. The molecule has 2 aromatic rings.